The second kappa shape index (κ2) is 8.73. The lowest BCUT2D eigenvalue weighted by atomic mass is 10.1. The number of nitrogens with one attached hydrogen (secondary N) is 1. The van der Waals surface area contributed by atoms with E-state index in [1.807, 2.05) is 0 Å². The third kappa shape index (κ3) is 4.81. The third-order valence-corrected chi connectivity index (χ3v) is 6.07. The van der Waals surface area contributed by atoms with Crippen LogP contribution in [-0.2, 0) is 10.0 Å². The zero-order chi connectivity index (χ0) is 20.3. The van der Waals surface area contributed by atoms with E-state index < -0.39 is 22.7 Å². The van der Waals surface area contributed by atoms with Gasteiger partial charge < -0.3 is 5.11 Å². The van der Waals surface area contributed by atoms with Gasteiger partial charge in [0.05, 0.1) is 34.5 Å². The Morgan fingerprint density at radius 1 is 1.07 bits per heavy atom. The number of aliphatic hydroxyl groups excluding tert-OH is 1. The lowest BCUT2D eigenvalue weighted by molar-refractivity contribution is 0.259. The lowest BCUT2D eigenvalue weighted by Crippen LogP contribution is -2.30. The largest absolute Gasteiger partial charge is 0.394 e. The molecule has 6 nitrogen and oxygen atoms in total. The van der Waals surface area contributed by atoms with Crippen LogP contribution in [0.3, 0.4) is 0 Å². The molecule has 0 radical (unpaired) electrons. The topological polar surface area (TPSA) is 92.2 Å². The van der Waals surface area contributed by atoms with Crippen molar-refractivity contribution in [1.82, 2.24) is 14.7 Å². The van der Waals surface area contributed by atoms with Gasteiger partial charge in [0.15, 0.2) is 0 Å². The molecule has 0 bridgehead atoms. The van der Waals surface area contributed by atoms with Gasteiger partial charge in [0.25, 0.3) is 0 Å². The molecule has 1 atom stereocenters. The van der Waals surface area contributed by atoms with E-state index in [1.165, 1.54) is 18.3 Å². The van der Waals surface area contributed by atoms with Gasteiger partial charge in [-0.15, -0.1) is 0 Å². The molecule has 0 fully saturated rings. The van der Waals surface area contributed by atoms with Crippen LogP contribution in [0.1, 0.15) is 11.6 Å². The summed E-state index contributed by atoms with van der Waals surface area (Å²) in [6, 6.07) is 11.7. The van der Waals surface area contributed by atoms with Gasteiger partial charge in [0, 0.05) is 10.6 Å². The molecule has 1 aromatic heterocycles. The van der Waals surface area contributed by atoms with Crippen molar-refractivity contribution in [2.75, 3.05) is 6.61 Å². The molecule has 2 N–H and O–H groups in total. The van der Waals surface area contributed by atoms with Crippen LogP contribution in [0.25, 0.3) is 11.3 Å². The summed E-state index contributed by atoms with van der Waals surface area (Å²) < 4.78 is 27.9. The SMILES string of the molecule is O=S(=O)(N[C@H](CO)c1cccc(Cl)c1)c1ccc(-c2nc(Cl)ncc2Cl)cc1. The van der Waals surface area contributed by atoms with Crippen molar-refractivity contribution in [2.45, 2.75) is 10.9 Å². The molecule has 28 heavy (non-hydrogen) atoms. The number of rotatable bonds is 6. The van der Waals surface area contributed by atoms with Crippen molar-refractivity contribution >= 4 is 44.8 Å². The monoisotopic (exact) mass is 457 g/mol. The Hall–Kier alpha value is -1.74. The summed E-state index contributed by atoms with van der Waals surface area (Å²) >= 11 is 17.8. The van der Waals surface area contributed by atoms with Gasteiger partial charge >= 0.3 is 0 Å². The van der Waals surface area contributed by atoms with E-state index in [9.17, 15) is 13.5 Å². The van der Waals surface area contributed by atoms with E-state index in [0.717, 1.165) is 0 Å². The van der Waals surface area contributed by atoms with Crippen molar-refractivity contribution in [2.24, 2.45) is 0 Å². The summed E-state index contributed by atoms with van der Waals surface area (Å²) in [6.45, 7) is -0.424. The van der Waals surface area contributed by atoms with Crippen LogP contribution in [0.4, 0.5) is 0 Å². The maximum Gasteiger partial charge on any atom is 0.241 e. The maximum atomic E-state index is 12.7. The number of nitrogens with zero attached hydrogens (tertiary/aromatic N) is 2. The zero-order valence-corrected chi connectivity index (χ0v) is 17.3. The Morgan fingerprint density at radius 3 is 2.43 bits per heavy atom. The minimum Gasteiger partial charge on any atom is -0.394 e. The van der Waals surface area contributed by atoms with Crippen LogP contribution in [0.2, 0.25) is 15.3 Å². The molecule has 146 valence electrons. The Bertz CT molecular complexity index is 1090. The van der Waals surface area contributed by atoms with Crippen LogP contribution in [0.15, 0.2) is 59.6 Å². The molecule has 1 heterocycles. The standard InChI is InChI=1S/C18H14Cl3N3O3S/c19-13-3-1-2-12(8-13)16(10-25)24-28(26,27)14-6-4-11(5-7-14)17-15(20)9-22-18(21)23-17/h1-9,16,24-25H,10H2/t16-/m1/s1. The first-order valence-electron chi connectivity index (χ1n) is 7.97. The Labute approximate surface area is 177 Å². The Kier molecular flexibility index (Phi) is 6.54. The molecule has 0 aliphatic carbocycles. The van der Waals surface area contributed by atoms with Gasteiger partial charge in [-0.3, -0.25) is 0 Å². The number of halogens is 3. The number of sulfonamides is 1. The molecule has 2 aromatic carbocycles. The van der Waals surface area contributed by atoms with E-state index in [0.29, 0.717) is 26.9 Å². The minimum absolute atomic E-state index is 0.0213. The van der Waals surface area contributed by atoms with E-state index in [4.69, 9.17) is 34.8 Å². The second-order valence-corrected chi connectivity index (χ2v) is 8.67. The quantitative estimate of drug-likeness (QED) is 0.542. The summed E-state index contributed by atoms with van der Waals surface area (Å²) in [5.41, 5.74) is 1.53. The maximum absolute atomic E-state index is 12.7. The first-order chi connectivity index (χ1) is 13.3. The minimum atomic E-state index is -3.89. The average Bonchev–Trinajstić information content (AvgIpc) is 2.68. The molecular formula is C18H14Cl3N3O3S. The highest BCUT2D eigenvalue weighted by molar-refractivity contribution is 7.89. The van der Waals surface area contributed by atoms with Crippen molar-refractivity contribution in [3.05, 3.63) is 75.6 Å². The fourth-order valence-corrected chi connectivity index (χ4v) is 4.28. The fourth-order valence-electron chi connectivity index (χ4n) is 2.53. The molecule has 0 aliphatic rings. The summed E-state index contributed by atoms with van der Waals surface area (Å²) in [7, 11) is -3.89. The van der Waals surface area contributed by atoms with Gasteiger partial charge in [0.2, 0.25) is 15.3 Å². The zero-order valence-electron chi connectivity index (χ0n) is 14.2. The van der Waals surface area contributed by atoms with Gasteiger partial charge in [-0.2, -0.15) is 0 Å². The summed E-state index contributed by atoms with van der Waals surface area (Å²) in [4.78, 5) is 7.86. The van der Waals surface area contributed by atoms with Crippen LogP contribution < -0.4 is 4.72 Å². The summed E-state index contributed by atoms with van der Waals surface area (Å²) in [5.74, 6) is 0. The first kappa shape index (κ1) is 21.0. The van der Waals surface area contributed by atoms with Crippen molar-refractivity contribution < 1.29 is 13.5 Å². The second-order valence-electron chi connectivity index (χ2n) is 5.77. The van der Waals surface area contributed by atoms with Gasteiger partial charge in [-0.05, 0) is 41.4 Å². The Morgan fingerprint density at radius 2 is 1.79 bits per heavy atom. The summed E-state index contributed by atoms with van der Waals surface area (Å²) in [6.07, 6.45) is 1.37. The normalized spacial score (nSPS) is 12.7. The highest BCUT2D eigenvalue weighted by Gasteiger charge is 2.21. The van der Waals surface area contributed by atoms with Crippen molar-refractivity contribution in [3.8, 4) is 11.3 Å². The lowest BCUT2D eigenvalue weighted by Gasteiger charge is -2.17. The number of benzene rings is 2. The number of aromatic nitrogens is 2. The highest BCUT2D eigenvalue weighted by atomic mass is 35.5. The smallest absolute Gasteiger partial charge is 0.241 e. The van der Waals surface area contributed by atoms with Gasteiger partial charge in [0.1, 0.15) is 0 Å². The van der Waals surface area contributed by atoms with E-state index >= 15 is 0 Å². The number of hydrogen-bond donors (Lipinski definition) is 2. The molecule has 10 heteroatoms. The van der Waals surface area contributed by atoms with E-state index in [2.05, 4.69) is 14.7 Å². The van der Waals surface area contributed by atoms with Crippen LogP contribution in [0.5, 0.6) is 0 Å². The van der Waals surface area contributed by atoms with Crippen LogP contribution >= 0.6 is 34.8 Å². The molecule has 0 spiro atoms. The molecule has 3 aromatic rings. The van der Waals surface area contributed by atoms with Gasteiger partial charge in [-0.1, -0.05) is 47.5 Å². The predicted molar refractivity (Wildman–Crippen MR) is 109 cm³/mol. The third-order valence-electron chi connectivity index (χ3n) is 3.88. The molecule has 0 aliphatic heterocycles. The molecule has 0 saturated heterocycles. The van der Waals surface area contributed by atoms with E-state index in [1.54, 1.807) is 36.4 Å². The Balaban J connectivity index is 1.86. The molecule has 0 saturated carbocycles. The first-order valence-corrected chi connectivity index (χ1v) is 10.6. The van der Waals surface area contributed by atoms with Gasteiger partial charge in [-0.25, -0.2) is 23.1 Å². The van der Waals surface area contributed by atoms with Crippen LogP contribution in [0, 0.1) is 0 Å². The van der Waals surface area contributed by atoms with Crippen LogP contribution in [-0.4, -0.2) is 30.1 Å². The summed E-state index contributed by atoms with van der Waals surface area (Å²) in [5, 5.41) is 10.4. The fraction of sp³-hybridized carbons (Fsp3) is 0.111. The number of aliphatic hydroxyl groups is 1. The van der Waals surface area contributed by atoms with E-state index in [-0.39, 0.29) is 10.2 Å². The molecular weight excluding hydrogens is 445 g/mol. The predicted octanol–water partition coefficient (Wildman–Crippen LogP) is 4.12. The molecule has 0 amide bonds. The molecule has 3 rings (SSSR count). The highest BCUT2D eigenvalue weighted by Crippen LogP contribution is 2.27. The van der Waals surface area contributed by atoms with Crippen molar-refractivity contribution in [3.63, 3.8) is 0 Å². The average molecular weight is 459 g/mol. The number of hydrogen-bond acceptors (Lipinski definition) is 5. The molecule has 0 unspecified atom stereocenters. The van der Waals surface area contributed by atoms with Crippen molar-refractivity contribution in [1.29, 1.82) is 0 Å².